The van der Waals surface area contributed by atoms with Crippen LogP contribution in [-0.2, 0) is 6.42 Å². The van der Waals surface area contributed by atoms with Crippen molar-refractivity contribution in [1.29, 1.82) is 0 Å². The van der Waals surface area contributed by atoms with Crippen LogP contribution in [0.3, 0.4) is 0 Å². The van der Waals surface area contributed by atoms with Gasteiger partial charge in [0.25, 0.3) is 0 Å². The highest BCUT2D eigenvalue weighted by atomic mass is 19.1. The van der Waals surface area contributed by atoms with Gasteiger partial charge in [-0.05, 0) is 23.1 Å². The van der Waals surface area contributed by atoms with Crippen LogP contribution in [-0.4, -0.2) is 10.1 Å². The highest BCUT2D eigenvalue weighted by Gasteiger charge is 2.27. The summed E-state index contributed by atoms with van der Waals surface area (Å²) in [5, 5.41) is 3.91. The summed E-state index contributed by atoms with van der Waals surface area (Å²) in [6, 6.07) is 5.93. The molecule has 1 unspecified atom stereocenters. The molecule has 5 heteroatoms. The number of hydrogen-bond donors (Lipinski definition) is 1. The maximum Gasteiger partial charge on any atom is 0.244 e. The monoisotopic (exact) mass is 263 g/mol. The lowest BCUT2D eigenvalue weighted by molar-refractivity contribution is 0.252. The number of benzene rings is 1. The van der Waals surface area contributed by atoms with Gasteiger partial charge in [-0.3, -0.25) is 0 Å². The van der Waals surface area contributed by atoms with E-state index in [0.29, 0.717) is 18.1 Å². The molecule has 1 aromatic carbocycles. The summed E-state index contributed by atoms with van der Waals surface area (Å²) in [6.07, 6.45) is 0.501. The Morgan fingerprint density at radius 3 is 2.47 bits per heavy atom. The molecule has 0 fully saturated rings. The Hall–Kier alpha value is -1.75. The van der Waals surface area contributed by atoms with Crippen molar-refractivity contribution in [3.05, 3.63) is 47.4 Å². The standard InChI is InChI=1S/C14H18FN3O/c1-14(2,3)12(16)13-17-11(18-19-13)8-9-4-6-10(15)7-5-9/h4-7,12H,8,16H2,1-3H3. The molecule has 2 N–H and O–H groups in total. The fraction of sp³-hybridized carbons (Fsp3) is 0.429. The molecule has 0 amide bonds. The zero-order valence-electron chi connectivity index (χ0n) is 11.4. The predicted molar refractivity (Wildman–Crippen MR) is 69.9 cm³/mol. The summed E-state index contributed by atoms with van der Waals surface area (Å²) in [5.74, 6) is 0.734. The average molecular weight is 263 g/mol. The molecule has 0 spiro atoms. The molecule has 0 saturated carbocycles. The Bertz CT molecular complexity index is 543. The topological polar surface area (TPSA) is 64.9 Å². The van der Waals surface area contributed by atoms with Gasteiger partial charge in [-0.25, -0.2) is 4.39 Å². The molecule has 1 atom stereocenters. The molecule has 1 aromatic heterocycles. The van der Waals surface area contributed by atoms with Crippen LogP contribution in [0.2, 0.25) is 0 Å². The van der Waals surface area contributed by atoms with Crippen LogP contribution in [0.25, 0.3) is 0 Å². The summed E-state index contributed by atoms with van der Waals surface area (Å²) in [7, 11) is 0. The van der Waals surface area contributed by atoms with Crippen LogP contribution in [0.5, 0.6) is 0 Å². The van der Waals surface area contributed by atoms with E-state index in [1.165, 1.54) is 12.1 Å². The van der Waals surface area contributed by atoms with Gasteiger partial charge in [0, 0.05) is 6.42 Å². The quantitative estimate of drug-likeness (QED) is 0.924. The second-order valence-corrected chi connectivity index (χ2v) is 5.70. The summed E-state index contributed by atoms with van der Waals surface area (Å²) in [5.41, 5.74) is 6.84. The molecular weight excluding hydrogens is 245 g/mol. The largest absolute Gasteiger partial charge is 0.338 e. The highest BCUT2D eigenvalue weighted by Crippen LogP contribution is 2.29. The van der Waals surface area contributed by atoms with Crippen LogP contribution in [0, 0.1) is 11.2 Å². The van der Waals surface area contributed by atoms with E-state index in [-0.39, 0.29) is 17.3 Å². The molecule has 0 saturated heterocycles. The van der Waals surface area contributed by atoms with Crippen molar-refractivity contribution in [2.75, 3.05) is 0 Å². The minimum atomic E-state index is -0.304. The fourth-order valence-electron chi connectivity index (χ4n) is 1.62. The summed E-state index contributed by atoms with van der Waals surface area (Å²) < 4.78 is 18.0. The first-order valence-electron chi connectivity index (χ1n) is 6.19. The zero-order valence-corrected chi connectivity index (χ0v) is 11.4. The van der Waals surface area contributed by atoms with Crippen molar-refractivity contribution < 1.29 is 8.91 Å². The van der Waals surface area contributed by atoms with Gasteiger partial charge in [-0.15, -0.1) is 0 Å². The lowest BCUT2D eigenvalue weighted by Gasteiger charge is -2.23. The van der Waals surface area contributed by atoms with Gasteiger partial charge in [0.1, 0.15) is 5.82 Å². The van der Waals surface area contributed by atoms with Gasteiger partial charge < -0.3 is 10.3 Å². The Morgan fingerprint density at radius 1 is 1.26 bits per heavy atom. The first kappa shape index (κ1) is 13.7. The Balaban J connectivity index is 2.11. The molecular formula is C14H18FN3O. The van der Waals surface area contributed by atoms with Crippen molar-refractivity contribution in [3.8, 4) is 0 Å². The molecule has 4 nitrogen and oxygen atoms in total. The van der Waals surface area contributed by atoms with Gasteiger partial charge in [-0.1, -0.05) is 38.1 Å². The number of hydrogen-bond acceptors (Lipinski definition) is 4. The van der Waals surface area contributed by atoms with Crippen LogP contribution in [0.1, 0.15) is 44.1 Å². The molecule has 2 rings (SSSR count). The highest BCUT2D eigenvalue weighted by molar-refractivity contribution is 5.19. The van der Waals surface area contributed by atoms with E-state index >= 15 is 0 Å². The molecule has 2 aromatic rings. The van der Waals surface area contributed by atoms with E-state index in [1.807, 2.05) is 20.8 Å². The third-order valence-electron chi connectivity index (χ3n) is 2.96. The SMILES string of the molecule is CC(C)(C)C(N)c1nc(Cc2ccc(F)cc2)no1. The fourth-order valence-corrected chi connectivity index (χ4v) is 1.62. The van der Waals surface area contributed by atoms with E-state index in [2.05, 4.69) is 10.1 Å². The van der Waals surface area contributed by atoms with Crippen molar-refractivity contribution in [3.63, 3.8) is 0 Å². The van der Waals surface area contributed by atoms with E-state index in [0.717, 1.165) is 5.56 Å². The minimum absolute atomic E-state index is 0.139. The second kappa shape index (κ2) is 5.09. The molecule has 0 bridgehead atoms. The van der Waals surface area contributed by atoms with Crippen molar-refractivity contribution in [1.82, 2.24) is 10.1 Å². The third kappa shape index (κ3) is 3.38. The zero-order chi connectivity index (χ0) is 14.0. The second-order valence-electron chi connectivity index (χ2n) is 5.70. The first-order chi connectivity index (χ1) is 8.86. The van der Waals surface area contributed by atoms with E-state index in [9.17, 15) is 4.39 Å². The van der Waals surface area contributed by atoms with Crippen LogP contribution in [0.15, 0.2) is 28.8 Å². The summed E-state index contributed by atoms with van der Waals surface area (Å²) in [6.45, 7) is 6.05. The van der Waals surface area contributed by atoms with E-state index < -0.39 is 0 Å². The third-order valence-corrected chi connectivity index (χ3v) is 2.96. The Kier molecular flexibility index (Phi) is 3.66. The molecule has 0 aliphatic rings. The number of rotatable bonds is 3. The van der Waals surface area contributed by atoms with Crippen molar-refractivity contribution >= 4 is 0 Å². The van der Waals surface area contributed by atoms with Gasteiger partial charge >= 0.3 is 0 Å². The predicted octanol–water partition coefficient (Wildman–Crippen LogP) is 2.85. The van der Waals surface area contributed by atoms with Gasteiger partial charge in [0.05, 0.1) is 6.04 Å². The lowest BCUT2D eigenvalue weighted by atomic mass is 9.87. The average Bonchev–Trinajstić information content (AvgIpc) is 2.78. The number of aromatic nitrogens is 2. The van der Waals surface area contributed by atoms with Gasteiger partial charge in [0.15, 0.2) is 5.82 Å². The van der Waals surface area contributed by atoms with Crippen molar-refractivity contribution in [2.24, 2.45) is 11.1 Å². The maximum atomic E-state index is 12.8. The number of nitrogens with zero attached hydrogens (tertiary/aromatic N) is 2. The smallest absolute Gasteiger partial charge is 0.244 e. The van der Waals surface area contributed by atoms with Crippen molar-refractivity contribution in [2.45, 2.75) is 33.2 Å². The number of nitrogens with two attached hydrogens (primary N) is 1. The molecule has 102 valence electrons. The van der Waals surface area contributed by atoms with Crippen LogP contribution in [0.4, 0.5) is 4.39 Å². The molecule has 0 aliphatic carbocycles. The Morgan fingerprint density at radius 2 is 1.89 bits per heavy atom. The van der Waals surface area contributed by atoms with E-state index in [4.69, 9.17) is 10.3 Å². The van der Waals surface area contributed by atoms with Gasteiger partial charge in [0.2, 0.25) is 5.89 Å². The summed E-state index contributed by atoms with van der Waals surface area (Å²) >= 11 is 0. The van der Waals surface area contributed by atoms with Gasteiger partial charge in [-0.2, -0.15) is 4.98 Å². The number of halogens is 1. The van der Waals surface area contributed by atoms with Crippen LogP contribution >= 0.6 is 0 Å². The minimum Gasteiger partial charge on any atom is -0.338 e. The molecule has 0 radical (unpaired) electrons. The summed E-state index contributed by atoms with van der Waals surface area (Å²) in [4.78, 5) is 4.30. The maximum absolute atomic E-state index is 12.8. The molecule has 1 heterocycles. The van der Waals surface area contributed by atoms with Crippen LogP contribution < -0.4 is 5.73 Å². The molecule has 0 aliphatic heterocycles. The van der Waals surface area contributed by atoms with E-state index in [1.54, 1.807) is 12.1 Å². The normalized spacial score (nSPS) is 13.5. The molecule has 19 heavy (non-hydrogen) atoms. The lowest BCUT2D eigenvalue weighted by Crippen LogP contribution is -2.26. The first-order valence-corrected chi connectivity index (χ1v) is 6.19. The Labute approximate surface area is 111 Å².